The summed E-state index contributed by atoms with van der Waals surface area (Å²) in [4.78, 5) is 10.9. The number of rotatable bonds is 2. The maximum Gasteiger partial charge on any atom is 0.274 e. The Kier molecular flexibility index (Phi) is 3.47. The van der Waals surface area contributed by atoms with Gasteiger partial charge in [-0.2, -0.15) is 0 Å². The van der Waals surface area contributed by atoms with Gasteiger partial charge >= 0.3 is 0 Å². The number of alkyl halides is 2. The number of hydrogen-bond donors (Lipinski definition) is 1. The first-order chi connectivity index (χ1) is 6.50. The molecule has 1 rings (SSSR count). The van der Waals surface area contributed by atoms with Gasteiger partial charge in [0.05, 0.1) is 0 Å². The molecular weight excluding hydrogens is 205 g/mol. The number of nitrogens with one attached hydrogen (secondary N) is 1. The summed E-state index contributed by atoms with van der Waals surface area (Å²) in [5, 5.41) is 2.39. The van der Waals surface area contributed by atoms with Gasteiger partial charge in [0.2, 0.25) is 0 Å². The smallest absolute Gasteiger partial charge is 0.274 e. The third-order valence-electron chi connectivity index (χ3n) is 1.84. The lowest BCUT2D eigenvalue weighted by Gasteiger charge is -2.08. The third kappa shape index (κ3) is 2.70. The summed E-state index contributed by atoms with van der Waals surface area (Å²) in [7, 11) is 0. The van der Waals surface area contributed by atoms with Crippen molar-refractivity contribution in [2.75, 3.05) is 5.32 Å². The van der Waals surface area contributed by atoms with Crippen LogP contribution in [0.3, 0.4) is 0 Å². The number of amides is 1. The zero-order valence-corrected chi connectivity index (χ0v) is 8.73. The maximum atomic E-state index is 12.3. The molecule has 0 heterocycles. The van der Waals surface area contributed by atoms with E-state index in [9.17, 15) is 9.18 Å². The second-order valence-corrected chi connectivity index (χ2v) is 3.49. The lowest BCUT2D eigenvalue weighted by molar-refractivity contribution is -0.118. The van der Waals surface area contributed by atoms with Crippen LogP contribution in [0.5, 0.6) is 0 Å². The number of carbonyl (C=O) groups is 1. The Balaban J connectivity index is 2.82. The Labute approximate surface area is 87.1 Å². The van der Waals surface area contributed by atoms with Crippen LogP contribution in [0.25, 0.3) is 0 Å². The first-order valence-corrected chi connectivity index (χ1v) is 4.60. The zero-order valence-electron chi connectivity index (χ0n) is 7.97. The summed E-state index contributed by atoms with van der Waals surface area (Å²) in [5.41, 5.74) is 0.554. The van der Waals surface area contributed by atoms with Gasteiger partial charge in [0.25, 0.3) is 11.5 Å². The molecule has 0 saturated carbocycles. The minimum absolute atomic E-state index is 0.587. The van der Waals surface area contributed by atoms with Crippen LogP contribution in [0.2, 0.25) is 0 Å². The Morgan fingerprint density at radius 1 is 1.50 bits per heavy atom. The largest absolute Gasteiger partial charge is 0.322 e. The van der Waals surface area contributed by atoms with Gasteiger partial charge in [-0.1, -0.05) is 29.3 Å². The molecule has 0 aromatic heterocycles. The second-order valence-electron chi connectivity index (χ2n) is 3.11. The van der Waals surface area contributed by atoms with Crippen LogP contribution in [0.15, 0.2) is 18.2 Å². The molecule has 4 heteroatoms. The molecule has 1 amide bonds. The molecular formula is C10H11ClFNO. The van der Waals surface area contributed by atoms with Crippen molar-refractivity contribution >= 4 is 23.2 Å². The van der Waals surface area contributed by atoms with Crippen LogP contribution in [0.1, 0.15) is 11.1 Å². The molecule has 0 fully saturated rings. The van der Waals surface area contributed by atoms with Gasteiger partial charge in [-0.05, 0) is 25.5 Å². The van der Waals surface area contributed by atoms with Crippen molar-refractivity contribution in [2.45, 2.75) is 19.5 Å². The van der Waals surface area contributed by atoms with E-state index in [0.717, 1.165) is 11.1 Å². The molecule has 0 radical (unpaired) electrons. The van der Waals surface area contributed by atoms with Crippen molar-refractivity contribution in [3.05, 3.63) is 29.3 Å². The zero-order chi connectivity index (χ0) is 10.7. The van der Waals surface area contributed by atoms with E-state index in [-0.39, 0.29) is 0 Å². The van der Waals surface area contributed by atoms with Crippen LogP contribution in [0, 0.1) is 13.8 Å². The molecule has 0 aliphatic carbocycles. The highest BCUT2D eigenvalue weighted by molar-refractivity contribution is 6.31. The molecule has 0 spiro atoms. The molecule has 76 valence electrons. The maximum absolute atomic E-state index is 12.3. The van der Waals surface area contributed by atoms with Crippen molar-refractivity contribution < 1.29 is 9.18 Å². The molecule has 0 bridgehead atoms. The molecule has 1 aromatic rings. The van der Waals surface area contributed by atoms with Crippen molar-refractivity contribution in [1.82, 2.24) is 0 Å². The molecule has 1 atom stereocenters. The van der Waals surface area contributed by atoms with E-state index < -0.39 is 11.5 Å². The summed E-state index contributed by atoms with van der Waals surface area (Å²) in [6.07, 6.45) is 0. The van der Waals surface area contributed by atoms with E-state index in [4.69, 9.17) is 11.6 Å². The van der Waals surface area contributed by atoms with E-state index >= 15 is 0 Å². The van der Waals surface area contributed by atoms with Crippen molar-refractivity contribution in [2.24, 2.45) is 0 Å². The molecule has 0 saturated heterocycles. The number of aryl methyl sites for hydroxylation is 2. The minimum atomic E-state index is -2.00. The van der Waals surface area contributed by atoms with Crippen LogP contribution in [-0.2, 0) is 4.79 Å². The van der Waals surface area contributed by atoms with E-state index in [2.05, 4.69) is 5.32 Å². The van der Waals surface area contributed by atoms with Gasteiger partial charge in [-0.3, -0.25) is 4.79 Å². The number of hydrogen-bond acceptors (Lipinski definition) is 1. The topological polar surface area (TPSA) is 29.1 Å². The van der Waals surface area contributed by atoms with Gasteiger partial charge in [-0.25, -0.2) is 4.39 Å². The predicted molar refractivity (Wildman–Crippen MR) is 55.3 cm³/mol. The number of halogens is 2. The second kappa shape index (κ2) is 4.42. The Bertz CT molecular complexity index is 352. The monoisotopic (exact) mass is 215 g/mol. The summed E-state index contributed by atoms with van der Waals surface area (Å²) in [6.45, 7) is 3.78. The number of benzene rings is 1. The summed E-state index contributed by atoms with van der Waals surface area (Å²) < 4.78 is 12.3. The van der Waals surface area contributed by atoms with E-state index in [1.165, 1.54) is 0 Å². The minimum Gasteiger partial charge on any atom is -0.322 e. The van der Waals surface area contributed by atoms with E-state index in [0.29, 0.717) is 5.69 Å². The fraction of sp³-hybridized carbons (Fsp3) is 0.300. The average molecular weight is 216 g/mol. The fourth-order valence-electron chi connectivity index (χ4n) is 1.14. The van der Waals surface area contributed by atoms with Gasteiger partial charge in [0.1, 0.15) is 0 Å². The summed E-state index contributed by atoms with van der Waals surface area (Å²) in [6, 6.07) is 5.46. The Morgan fingerprint density at radius 2 is 2.14 bits per heavy atom. The molecule has 14 heavy (non-hydrogen) atoms. The van der Waals surface area contributed by atoms with Gasteiger partial charge in [0, 0.05) is 5.69 Å². The van der Waals surface area contributed by atoms with E-state index in [1.807, 2.05) is 26.0 Å². The normalized spacial score (nSPS) is 12.3. The van der Waals surface area contributed by atoms with Crippen LogP contribution >= 0.6 is 11.6 Å². The van der Waals surface area contributed by atoms with Crippen molar-refractivity contribution in [1.29, 1.82) is 0 Å². The van der Waals surface area contributed by atoms with Crippen molar-refractivity contribution in [3.8, 4) is 0 Å². The molecule has 0 aliphatic heterocycles. The summed E-state index contributed by atoms with van der Waals surface area (Å²) in [5.74, 6) is -0.835. The number of anilines is 1. The van der Waals surface area contributed by atoms with Crippen LogP contribution in [-0.4, -0.2) is 11.5 Å². The fourth-order valence-corrected chi connectivity index (χ4v) is 1.20. The average Bonchev–Trinajstić information content (AvgIpc) is 2.09. The number of carbonyl (C=O) groups excluding carboxylic acids is 1. The highest BCUT2D eigenvalue weighted by Crippen LogP contribution is 2.16. The highest BCUT2D eigenvalue weighted by Gasteiger charge is 2.13. The summed E-state index contributed by atoms with van der Waals surface area (Å²) >= 11 is 4.98. The third-order valence-corrected chi connectivity index (χ3v) is 2.04. The predicted octanol–water partition coefficient (Wildman–Crippen LogP) is 2.78. The van der Waals surface area contributed by atoms with Gasteiger partial charge in [0.15, 0.2) is 0 Å². The first kappa shape index (κ1) is 11.0. The lowest BCUT2D eigenvalue weighted by Crippen LogP contribution is -2.19. The van der Waals surface area contributed by atoms with Gasteiger partial charge < -0.3 is 5.32 Å². The van der Waals surface area contributed by atoms with E-state index in [1.54, 1.807) is 6.07 Å². The SMILES string of the molecule is Cc1ccc(NC(=O)C(F)Cl)c(C)c1. The van der Waals surface area contributed by atoms with Crippen LogP contribution < -0.4 is 5.32 Å². The van der Waals surface area contributed by atoms with Crippen LogP contribution in [0.4, 0.5) is 10.1 Å². The quantitative estimate of drug-likeness (QED) is 0.756. The first-order valence-electron chi connectivity index (χ1n) is 4.17. The Morgan fingerprint density at radius 3 is 2.64 bits per heavy atom. The highest BCUT2D eigenvalue weighted by atomic mass is 35.5. The van der Waals surface area contributed by atoms with Crippen molar-refractivity contribution in [3.63, 3.8) is 0 Å². The molecule has 1 N–H and O–H groups in total. The lowest BCUT2D eigenvalue weighted by atomic mass is 10.1. The van der Waals surface area contributed by atoms with Gasteiger partial charge in [-0.15, -0.1) is 0 Å². The standard InChI is InChI=1S/C10H11ClFNO/c1-6-3-4-8(7(2)5-6)13-10(14)9(11)12/h3-5,9H,1-2H3,(H,13,14). The molecule has 1 aromatic carbocycles. The molecule has 2 nitrogen and oxygen atoms in total. The molecule has 1 unspecified atom stereocenters. The molecule has 0 aliphatic rings. The Hall–Kier alpha value is -1.09.